The van der Waals surface area contributed by atoms with E-state index in [0.29, 0.717) is 11.3 Å². The minimum atomic E-state index is 0.529. The van der Waals surface area contributed by atoms with Gasteiger partial charge in [-0.2, -0.15) is 0 Å². The van der Waals surface area contributed by atoms with Gasteiger partial charge in [-0.25, -0.2) is 0 Å². The molecule has 0 saturated heterocycles. The maximum atomic E-state index is 2.48. The Labute approximate surface area is 88.1 Å². The summed E-state index contributed by atoms with van der Waals surface area (Å²) in [5.41, 5.74) is 2.17. The van der Waals surface area contributed by atoms with Crippen LogP contribution in [-0.4, -0.2) is 0 Å². The highest BCUT2D eigenvalue weighted by molar-refractivity contribution is 5.35. The lowest BCUT2D eigenvalue weighted by atomic mass is 9.70. The van der Waals surface area contributed by atoms with E-state index in [9.17, 15) is 0 Å². The van der Waals surface area contributed by atoms with E-state index in [1.807, 2.05) is 0 Å². The average Bonchev–Trinajstić information content (AvgIpc) is 2.71. The van der Waals surface area contributed by atoms with Crippen LogP contribution >= 0.6 is 0 Å². The number of allylic oxidation sites excluding steroid dienone is 4. The SMILES string of the molecule is CC1C=CC(C2(C(C)C)CCCC2)=C1. The van der Waals surface area contributed by atoms with E-state index >= 15 is 0 Å². The normalized spacial score (nSPS) is 30.0. The van der Waals surface area contributed by atoms with Crippen molar-refractivity contribution in [2.45, 2.75) is 46.5 Å². The summed E-state index contributed by atoms with van der Waals surface area (Å²) >= 11 is 0. The van der Waals surface area contributed by atoms with Crippen LogP contribution in [-0.2, 0) is 0 Å². The van der Waals surface area contributed by atoms with Gasteiger partial charge in [0.2, 0.25) is 0 Å². The van der Waals surface area contributed by atoms with Gasteiger partial charge < -0.3 is 0 Å². The molecule has 0 nitrogen and oxygen atoms in total. The Bertz CT molecular complexity index is 262. The Morgan fingerprint density at radius 3 is 2.36 bits per heavy atom. The molecule has 0 amide bonds. The third kappa shape index (κ3) is 1.45. The van der Waals surface area contributed by atoms with Crippen LogP contribution in [0.15, 0.2) is 23.8 Å². The second-order valence-electron chi connectivity index (χ2n) is 5.36. The van der Waals surface area contributed by atoms with Crippen LogP contribution in [0.3, 0.4) is 0 Å². The number of rotatable bonds is 2. The van der Waals surface area contributed by atoms with Crippen molar-refractivity contribution in [3.05, 3.63) is 23.8 Å². The Balaban J connectivity index is 2.28. The smallest absolute Gasteiger partial charge is 0.00270 e. The van der Waals surface area contributed by atoms with Crippen LogP contribution in [0.5, 0.6) is 0 Å². The average molecular weight is 190 g/mol. The number of hydrogen-bond acceptors (Lipinski definition) is 0. The molecule has 14 heavy (non-hydrogen) atoms. The highest BCUT2D eigenvalue weighted by atomic mass is 14.4. The van der Waals surface area contributed by atoms with E-state index in [4.69, 9.17) is 0 Å². The van der Waals surface area contributed by atoms with Gasteiger partial charge in [-0.1, -0.05) is 51.8 Å². The van der Waals surface area contributed by atoms with Gasteiger partial charge in [0.15, 0.2) is 0 Å². The highest BCUT2D eigenvalue weighted by Gasteiger charge is 2.39. The van der Waals surface area contributed by atoms with Crippen molar-refractivity contribution in [3.63, 3.8) is 0 Å². The standard InChI is InChI=1S/C14H22/c1-11(2)14(8-4-5-9-14)13-7-6-12(3)10-13/h6-7,10-12H,4-5,8-9H2,1-3H3. The Morgan fingerprint density at radius 2 is 1.93 bits per heavy atom. The maximum Gasteiger partial charge on any atom is -0.00270 e. The first kappa shape index (κ1) is 10.0. The Kier molecular flexibility index (Phi) is 2.55. The van der Waals surface area contributed by atoms with Crippen molar-refractivity contribution in [2.75, 3.05) is 0 Å². The lowest BCUT2D eigenvalue weighted by molar-refractivity contribution is 0.260. The van der Waals surface area contributed by atoms with Gasteiger partial charge in [-0.15, -0.1) is 0 Å². The van der Waals surface area contributed by atoms with Crippen molar-refractivity contribution >= 4 is 0 Å². The van der Waals surface area contributed by atoms with Crippen LogP contribution < -0.4 is 0 Å². The molecule has 0 N–H and O–H groups in total. The van der Waals surface area contributed by atoms with Crippen LogP contribution in [0.2, 0.25) is 0 Å². The van der Waals surface area contributed by atoms with Gasteiger partial charge in [-0.05, 0) is 35.7 Å². The summed E-state index contributed by atoms with van der Waals surface area (Å²) in [4.78, 5) is 0. The lowest BCUT2D eigenvalue weighted by Crippen LogP contribution is -2.25. The first-order valence-electron chi connectivity index (χ1n) is 6.06. The molecule has 1 fully saturated rings. The van der Waals surface area contributed by atoms with Gasteiger partial charge in [-0.3, -0.25) is 0 Å². The molecule has 0 aromatic carbocycles. The van der Waals surface area contributed by atoms with Crippen molar-refractivity contribution in [3.8, 4) is 0 Å². The highest BCUT2D eigenvalue weighted by Crippen LogP contribution is 2.51. The molecule has 1 saturated carbocycles. The van der Waals surface area contributed by atoms with E-state index in [0.717, 1.165) is 5.92 Å². The summed E-state index contributed by atoms with van der Waals surface area (Å²) in [5.74, 6) is 1.47. The molecule has 2 aliphatic rings. The largest absolute Gasteiger partial charge is 0.0776 e. The van der Waals surface area contributed by atoms with Gasteiger partial charge in [0.05, 0.1) is 0 Å². The first-order valence-corrected chi connectivity index (χ1v) is 6.06. The molecule has 78 valence electrons. The number of hydrogen-bond donors (Lipinski definition) is 0. The summed E-state index contributed by atoms with van der Waals surface area (Å²) in [7, 11) is 0. The van der Waals surface area contributed by atoms with Crippen molar-refractivity contribution < 1.29 is 0 Å². The molecule has 1 atom stereocenters. The molecule has 0 heteroatoms. The first-order chi connectivity index (χ1) is 6.65. The summed E-state index contributed by atoms with van der Waals surface area (Å²) in [6.07, 6.45) is 12.9. The minimum Gasteiger partial charge on any atom is -0.0776 e. The third-order valence-corrected chi connectivity index (χ3v) is 4.20. The summed E-state index contributed by atoms with van der Waals surface area (Å²) in [6.45, 7) is 7.07. The predicted molar refractivity (Wildman–Crippen MR) is 62.1 cm³/mol. The van der Waals surface area contributed by atoms with Gasteiger partial charge in [0.1, 0.15) is 0 Å². The van der Waals surface area contributed by atoms with Crippen LogP contribution in [0.1, 0.15) is 46.5 Å². The molecule has 0 aromatic heterocycles. The van der Waals surface area contributed by atoms with E-state index in [1.165, 1.54) is 25.7 Å². The molecule has 1 unspecified atom stereocenters. The Morgan fingerprint density at radius 1 is 1.29 bits per heavy atom. The monoisotopic (exact) mass is 190 g/mol. The quantitative estimate of drug-likeness (QED) is 0.608. The molecule has 0 aliphatic heterocycles. The molecule has 0 aromatic rings. The van der Waals surface area contributed by atoms with Crippen LogP contribution in [0.25, 0.3) is 0 Å². The third-order valence-electron chi connectivity index (χ3n) is 4.20. The molecule has 0 bridgehead atoms. The predicted octanol–water partition coefficient (Wildman–Crippen LogP) is 4.34. The molecule has 2 aliphatic carbocycles. The summed E-state index contributed by atoms with van der Waals surface area (Å²) < 4.78 is 0. The molecular formula is C14H22. The fraction of sp³-hybridized carbons (Fsp3) is 0.714. The van der Waals surface area contributed by atoms with Crippen molar-refractivity contribution in [1.82, 2.24) is 0 Å². The molecule has 0 spiro atoms. The summed E-state index contributed by atoms with van der Waals surface area (Å²) in [5, 5.41) is 0. The maximum absolute atomic E-state index is 2.48. The zero-order chi connectivity index (χ0) is 10.2. The zero-order valence-corrected chi connectivity index (χ0v) is 9.72. The van der Waals surface area contributed by atoms with Gasteiger partial charge >= 0.3 is 0 Å². The molecular weight excluding hydrogens is 168 g/mol. The minimum absolute atomic E-state index is 0.529. The van der Waals surface area contributed by atoms with E-state index in [-0.39, 0.29) is 0 Å². The lowest BCUT2D eigenvalue weighted by Gasteiger charge is -2.34. The zero-order valence-electron chi connectivity index (χ0n) is 9.72. The van der Waals surface area contributed by atoms with Crippen LogP contribution in [0.4, 0.5) is 0 Å². The molecule has 0 radical (unpaired) electrons. The van der Waals surface area contributed by atoms with Crippen molar-refractivity contribution in [1.29, 1.82) is 0 Å². The molecule has 2 rings (SSSR count). The van der Waals surface area contributed by atoms with Crippen LogP contribution in [0, 0.1) is 17.3 Å². The van der Waals surface area contributed by atoms with E-state index in [2.05, 4.69) is 39.0 Å². The fourth-order valence-corrected chi connectivity index (χ4v) is 3.19. The van der Waals surface area contributed by atoms with E-state index in [1.54, 1.807) is 5.57 Å². The topological polar surface area (TPSA) is 0 Å². The van der Waals surface area contributed by atoms with Crippen molar-refractivity contribution in [2.24, 2.45) is 17.3 Å². The molecule has 0 heterocycles. The van der Waals surface area contributed by atoms with Gasteiger partial charge in [0, 0.05) is 0 Å². The van der Waals surface area contributed by atoms with Gasteiger partial charge in [0.25, 0.3) is 0 Å². The second kappa shape index (κ2) is 3.56. The summed E-state index contributed by atoms with van der Waals surface area (Å²) in [6, 6.07) is 0. The Hall–Kier alpha value is -0.520. The fourth-order valence-electron chi connectivity index (χ4n) is 3.19. The second-order valence-corrected chi connectivity index (χ2v) is 5.36. The van der Waals surface area contributed by atoms with E-state index < -0.39 is 0 Å².